The summed E-state index contributed by atoms with van der Waals surface area (Å²) in [6.45, 7) is 0. The van der Waals surface area contributed by atoms with Gasteiger partial charge in [0.05, 0.1) is 0 Å². The van der Waals surface area contributed by atoms with E-state index in [0.717, 1.165) is 5.88 Å². The Bertz CT molecular complexity index is 231. The van der Waals surface area contributed by atoms with Crippen molar-refractivity contribution in [2.24, 2.45) is 5.41 Å². The number of thiophene rings is 1. The van der Waals surface area contributed by atoms with E-state index in [4.69, 9.17) is 11.6 Å². The van der Waals surface area contributed by atoms with Gasteiger partial charge in [-0.2, -0.15) is 11.3 Å². The predicted molar refractivity (Wildman–Crippen MR) is 55.0 cm³/mol. The topological polar surface area (TPSA) is 0 Å². The van der Waals surface area contributed by atoms with E-state index < -0.39 is 0 Å². The molecule has 0 N–H and O–H groups in total. The van der Waals surface area contributed by atoms with Gasteiger partial charge in [-0.15, -0.1) is 11.6 Å². The van der Waals surface area contributed by atoms with Crippen molar-refractivity contribution in [2.45, 2.75) is 25.7 Å². The molecule has 1 fully saturated rings. The molecule has 0 radical (unpaired) electrons. The van der Waals surface area contributed by atoms with Crippen molar-refractivity contribution in [3.63, 3.8) is 0 Å². The average Bonchev–Trinajstić information content (AvgIpc) is 2.49. The minimum atomic E-state index is 0.461. The number of hydrogen-bond donors (Lipinski definition) is 0. The highest BCUT2D eigenvalue weighted by molar-refractivity contribution is 7.07. The highest BCUT2D eigenvalue weighted by atomic mass is 35.5. The fourth-order valence-corrected chi connectivity index (χ4v) is 2.89. The minimum Gasteiger partial charge on any atom is -0.152 e. The Labute approximate surface area is 82.6 Å². The average molecular weight is 201 g/mol. The van der Waals surface area contributed by atoms with Gasteiger partial charge in [0.2, 0.25) is 0 Å². The van der Waals surface area contributed by atoms with E-state index in [0.29, 0.717) is 5.41 Å². The molecule has 1 aliphatic carbocycles. The van der Waals surface area contributed by atoms with Gasteiger partial charge >= 0.3 is 0 Å². The van der Waals surface area contributed by atoms with Crippen molar-refractivity contribution < 1.29 is 0 Å². The Morgan fingerprint density at radius 3 is 2.75 bits per heavy atom. The minimum absolute atomic E-state index is 0.461. The molecule has 2 rings (SSSR count). The van der Waals surface area contributed by atoms with Crippen LogP contribution in [0, 0.1) is 5.41 Å². The predicted octanol–water partition coefficient (Wildman–Crippen LogP) is 3.70. The van der Waals surface area contributed by atoms with Gasteiger partial charge in [-0.25, -0.2) is 0 Å². The zero-order valence-electron chi connectivity index (χ0n) is 7.05. The molecule has 0 atom stereocenters. The first-order chi connectivity index (χ1) is 5.85. The van der Waals surface area contributed by atoms with Crippen LogP contribution in [0.3, 0.4) is 0 Å². The van der Waals surface area contributed by atoms with Crippen LogP contribution in [0.5, 0.6) is 0 Å². The first-order valence-electron chi connectivity index (χ1n) is 4.42. The third-order valence-corrected chi connectivity index (χ3v) is 4.16. The molecule has 0 aromatic carbocycles. The summed E-state index contributed by atoms with van der Waals surface area (Å²) in [6.07, 6.45) is 5.22. The largest absolute Gasteiger partial charge is 0.152 e. The molecule has 0 unspecified atom stereocenters. The van der Waals surface area contributed by atoms with Gasteiger partial charge in [0, 0.05) is 5.88 Å². The van der Waals surface area contributed by atoms with Crippen molar-refractivity contribution in [3.05, 3.63) is 22.4 Å². The summed E-state index contributed by atoms with van der Waals surface area (Å²) in [7, 11) is 0. The smallest absolute Gasteiger partial charge is 0.0283 e. The molecule has 0 amide bonds. The van der Waals surface area contributed by atoms with E-state index >= 15 is 0 Å². The quantitative estimate of drug-likeness (QED) is 0.653. The van der Waals surface area contributed by atoms with Crippen molar-refractivity contribution in [3.8, 4) is 0 Å². The van der Waals surface area contributed by atoms with Crippen molar-refractivity contribution in [2.75, 3.05) is 5.88 Å². The maximum atomic E-state index is 5.98. The van der Waals surface area contributed by atoms with Crippen LogP contribution in [0.25, 0.3) is 0 Å². The van der Waals surface area contributed by atoms with Gasteiger partial charge in [-0.05, 0) is 47.1 Å². The van der Waals surface area contributed by atoms with Crippen molar-refractivity contribution in [1.82, 2.24) is 0 Å². The van der Waals surface area contributed by atoms with E-state index in [2.05, 4.69) is 16.8 Å². The Hall–Kier alpha value is -0.0100. The van der Waals surface area contributed by atoms with Crippen LogP contribution in [-0.2, 0) is 6.42 Å². The Morgan fingerprint density at radius 1 is 1.50 bits per heavy atom. The van der Waals surface area contributed by atoms with Gasteiger partial charge in [0.1, 0.15) is 0 Å². The SMILES string of the molecule is ClCC1(Cc2ccsc2)CCC1. The summed E-state index contributed by atoms with van der Waals surface area (Å²) in [6, 6.07) is 2.22. The molecule has 0 saturated heterocycles. The molecule has 1 aromatic rings. The van der Waals surface area contributed by atoms with Crippen molar-refractivity contribution >= 4 is 22.9 Å². The molecule has 1 heterocycles. The van der Waals surface area contributed by atoms with Crippen LogP contribution in [0.2, 0.25) is 0 Å². The summed E-state index contributed by atoms with van der Waals surface area (Å²) in [4.78, 5) is 0. The Morgan fingerprint density at radius 2 is 2.33 bits per heavy atom. The highest BCUT2D eigenvalue weighted by Crippen LogP contribution is 2.44. The van der Waals surface area contributed by atoms with Gasteiger partial charge in [0.15, 0.2) is 0 Å². The third kappa shape index (κ3) is 1.53. The summed E-state index contributed by atoms with van der Waals surface area (Å²) in [5.74, 6) is 0.836. The molecule has 1 aliphatic rings. The first kappa shape index (κ1) is 8.58. The molecule has 1 saturated carbocycles. The van der Waals surface area contributed by atoms with E-state index in [9.17, 15) is 0 Å². The zero-order chi connectivity index (χ0) is 8.44. The monoisotopic (exact) mass is 200 g/mol. The van der Waals surface area contributed by atoms with E-state index in [-0.39, 0.29) is 0 Å². The molecular weight excluding hydrogens is 188 g/mol. The normalized spacial score (nSPS) is 20.4. The Balaban J connectivity index is 2.01. The molecule has 0 bridgehead atoms. The van der Waals surface area contributed by atoms with Crippen LogP contribution in [0.4, 0.5) is 0 Å². The number of halogens is 1. The highest BCUT2D eigenvalue weighted by Gasteiger charge is 2.35. The molecular formula is C10H13ClS. The second kappa shape index (κ2) is 3.39. The fraction of sp³-hybridized carbons (Fsp3) is 0.600. The molecule has 0 spiro atoms. The van der Waals surface area contributed by atoms with Crippen LogP contribution >= 0.6 is 22.9 Å². The summed E-state index contributed by atoms with van der Waals surface area (Å²) >= 11 is 7.76. The molecule has 0 nitrogen and oxygen atoms in total. The molecule has 2 heteroatoms. The molecule has 66 valence electrons. The third-order valence-electron chi connectivity index (χ3n) is 2.86. The number of hydrogen-bond acceptors (Lipinski definition) is 1. The lowest BCUT2D eigenvalue weighted by Crippen LogP contribution is -2.33. The maximum absolute atomic E-state index is 5.98. The molecule has 0 aliphatic heterocycles. The standard InChI is InChI=1S/C10H13ClS/c11-8-10(3-1-4-10)6-9-2-5-12-7-9/h2,5,7H,1,3-4,6,8H2. The van der Waals surface area contributed by atoms with E-state index in [1.54, 1.807) is 11.3 Å². The maximum Gasteiger partial charge on any atom is 0.0283 e. The van der Waals surface area contributed by atoms with Crippen molar-refractivity contribution in [1.29, 1.82) is 0 Å². The summed E-state index contributed by atoms with van der Waals surface area (Å²) in [5.41, 5.74) is 1.93. The van der Waals surface area contributed by atoms with Crippen LogP contribution in [0.1, 0.15) is 24.8 Å². The summed E-state index contributed by atoms with van der Waals surface area (Å²) in [5, 5.41) is 4.39. The second-order valence-electron chi connectivity index (χ2n) is 3.80. The van der Waals surface area contributed by atoms with Gasteiger partial charge in [-0.3, -0.25) is 0 Å². The molecule has 1 aromatic heterocycles. The number of alkyl halides is 1. The van der Waals surface area contributed by atoms with Crippen LogP contribution < -0.4 is 0 Å². The first-order valence-corrected chi connectivity index (χ1v) is 5.89. The van der Waals surface area contributed by atoms with E-state index in [1.165, 1.54) is 31.2 Å². The fourth-order valence-electron chi connectivity index (χ4n) is 1.86. The Kier molecular flexibility index (Phi) is 2.42. The van der Waals surface area contributed by atoms with Crippen LogP contribution in [0.15, 0.2) is 16.8 Å². The van der Waals surface area contributed by atoms with Crippen LogP contribution in [-0.4, -0.2) is 5.88 Å². The summed E-state index contributed by atoms with van der Waals surface area (Å²) < 4.78 is 0. The lowest BCUT2D eigenvalue weighted by atomic mass is 9.67. The lowest BCUT2D eigenvalue weighted by Gasteiger charge is -2.40. The number of rotatable bonds is 3. The van der Waals surface area contributed by atoms with Gasteiger partial charge in [0.25, 0.3) is 0 Å². The van der Waals surface area contributed by atoms with Gasteiger partial charge in [-0.1, -0.05) is 6.42 Å². The zero-order valence-corrected chi connectivity index (χ0v) is 8.63. The lowest BCUT2D eigenvalue weighted by molar-refractivity contribution is 0.166. The molecule has 12 heavy (non-hydrogen) atoms. The van der Waals surface area contributed by atoms with Gasteiger partial charge < -0.3 is 0 Å². The van der Waals surface area contributed by atoms with E-state index in [1.807, 2.05) is 0 Å². The second-order valence-corrected chi connectivity index (χ2v) is 4.84.